The number of anilines is 1. The number of nitrogen functional groups attached to an aromatic ring is 1. The van der Waals surface area contributed by atoms with Gasteiger partial charge in [0.2, 0.25) is 0 Å². The molecule has 1 aromatic carbocycles. The van der Waals surface area contributed by atoms with Gasteiger partial charge in [-0.1, -0.05) is 0 Å². The fraction of sp³-hybridized carbons (Fsp3) is 0.267. The van der Waals surface area contributed by atoms with Crippen molar-refractivity contribution < 1.29 is 9.53 Å². The highest BCUT2D eigenvalue weighted by Crippen LogP contribution is 2.19. The minimum Gasteiger partial charge on any atom is -0.494 e. The van der Waals surface area contributed by atoms with E-state index in [-0.39, 0.29) is 5.91 Å². The van der Waals surface area contributed by atoms with Crippen molar-refractivity contribution >= 4 is 22.9 Å². The molecule has 106 valence electrons. The van der Waals surface area contributed by atoms with E-state index < -0.39 is 0 Å². The van der Waals surface area contributed by atoms with Crippen molar-refractivity contribution in [3.05, 3.63) is 46.2 Å². The van der Waals surface area contributed by atoms with Gasteiger partial charge < -0.3 is 15.8 Å². The van der Waals surface area contributed by atoms with Crippen LogP contribution < -0.4 is 15.8 Å². The molecule has 0 aliphatic rings. The molecule has 0 bridgehead atoms. The first-order chi connectivity index (χ1) is 9.69. The SMILES string of the molecule is CCOc1cc(N)cc(C(=O)NCCc2ccsc2)c1. The molecule has 4 nitrogen and oxygen atoms in total. The van der Waals surface area contributed by atoms with Crippen LogP contribution in [0.3, 0.4) is 0 Å². The molecule has 0 aliphatic carbocycles. The molecule has 2 rings (SSSR count). The van der Waals surface area contributed by atoms with E-state index in [2.05, 4.69) is 16.8 Å². The van der Waals surface area contributed by atoms with E-state index in [4.69, 9.17) is 10.5 Å². The van der Waals surface area contributed by atoms with Crippen LogP contribution in [0.2, 0.25) is 0 Å². The first-order valence-electron chi connectivity index (χ1n) is 6.51. The van der Waals surface area contributed by atoms with Crippen molar-refractivity contribution in [2.45, 2.75) is 13.3 Å². The van der Waals surface area contributed by atoms with Crippen LogP contribution in [0.1, 0.15) is 22.8 Å². The minimum absolute atomic E-state index is 0.131. The third kappa shape index (κ3) is 3.99. The number of nitrogens with one attached hydrogen (secondary N) is 1. The number of rotatable bonds is 6. The Morgan fingerprint density at radius 2 is 2.25 bits per heavy atom. The number of amides is 1. The fourth-order valence-electron chi connectivity index (χ4n) is 1.86. The van der Waals surface area contributed by atoms with Crippen molar-refractivity contribution in [3.63, 3.8) is 0 Å². The van der Waals surface area contributed by atoms with Crippen LogP contribution in [-0.4, -0.2) is 19.1 Å². The number of ether oxygens (including phenoxy) is 1. The highest BCUT2D eigenvalue weighted by molar-refractivity contribution is 7.07. The summed E-state index contributed by atoms with van der Waals surface area (Å²) >= 11 is 1.66. The van der Waals surface area contributed by atoms with Gasteiger partial charge in [0.05, 0.1) is 6.61 Å². The molecule has 0 aliphatic heterocycles. The first kappa shape index (κ1) is 14.4. The quantitative estimate of drug-likeness (QED) is 0.804. The third-order valence-electron chi connectivity index (χ3n) is 2.78. The van der Waals surface area contributed by atoms with Gasteiger partial charge in [-0.05, 0) is 47.9 Å². The summed E-state index contributed by atoms with van der Waals surface area (Å²) in [6.07, 6.45) is 0.829. The van der Waals surface area contributed by atoms with Gasteiger partial charge in [0, 0.05) is 23.9 Å². The molecule has 0 spiro atoms. The number of thiophene rings is 1. The molecule has 0 atom stereocenters. The number of hydrogen-bond donors (Lipinski definition) is 2. The lowest BCUT2D eigenvalue weighted by Gasteiger charge is -2.09. The Kier molecular flexibility index (Phi) is 5.01. The van der Waals surface area contributed by atoms with Crippen LogP contribution in [0.5, 0.6) is 5.75 Å². The molecule has 0 saturated carbocycles. The molecule has 20 heavy (non-hydrogen) atoms. The molecule has 5 heteroatoms. The van der Waals surface area contributed by atoms with Gasteiger partial charge >= 0.3 is 0 Å². The lowest BCUT2D eigenvalue weighted by Crippen LogP contribution is -2.25. The molecule has 1 aromatic heterocycles. The summed E-state index contributed by atoms with van der Waals surface area (Å²) in [6.45, 7) is 3.04. The maximum atomic E-state index is 12.1. The number of hydrogen-bond acceptors (Lipinski definition) is 4. The summed E-state index contributed by atoms with van der Waals surface area (Å²) < 4.78 is 5.38. The van der Waals surface area contributed by atoms with Crippen molar-refractivity contribution in [3.8, 4) is 5.75 Å². The second-order valence-electron chi connectivity index (χ2n) is 4.36. The van der Waals surface area contributed by atoms with E-state index in [9.17, 15) is 4.79 Å². The van der Waals surface area contributed by atoms with Gasteiger partial charge in [0.25, 0.3) is 5.91 Å². The van der Waals surface area contributed by atoms with Crippen LogP contribution >= 0.6 is 11.3 Å². The molecule has 0 unspecified atom stereocenters. The van der Waals surface area contributed by atoms with E-state index in [1.807, 2.05) is 12.3 Å². The summed E-state index contributed by atoms with van der Waals surface area (Å²) in [4.78, 5) is 12.1. The average Bonchev–Trinajstić information content (AvgIpc) is 2.91. The third-order valence-corrected chi connectivity index (χ3v) is 3.51. The van der Waals surface area contributed by atoms with E-state index in [1.54, 1.807) is 29.5 Å². The Morgan fingerprint density at radius 1 is 1.40 bits per heavy atom. The molecule has 0 fully saturated rings. The van der Waals surface area contributed by atoms with Crippen molar-refractivity contribution in [1.82, 2.24) is 5.32 Å². The van der Waals surface area contributed by atoms with Gasteiger partial charge in [-0.15, -0.1) is 0 Å². The Balaban J connectivity index is 1.94. The zero-order valence-corrected chi connectivity index (χ0v) is 12.2. The summed E-state index contributed by atoms with van der Waals surface area (Å²) in [5.41, 5.74) is 8.06. The minimum atomic E-state index is -0.131. The normalized spacial score (nSPS) is 10.2. The zero-order valence-electron chi connectivity index (χ0n) is 11.4. The lowest BCUT2D eigenvalue weighted by atomic mass is 10.1. The number of carbonyl (C=O) groups excluding carboxylic acids is 1. The van der Waals surface area contributed by atoms with Crippen LogP contribution in [0.15, 0.2) is 35.0 Å². The Morgan fingerprint density at radius 3 is 2.95 bits per heavy atom. The van der Waals surface area contributed by atoms with Gasteiger partial charge in [0.15, 0.2) is 0 Å². The van der Waals surface area contributed by atoms with E-state index in [0.717, 1.165) is 6.42 Å². The monoisotopic (exact) mass is 290 g/mol. The number of nitrogens with two attached hydrogens (primary N) is 1. The van der Waals surface area contributed by atoms with Crippen LogP contribution in [0, 0.1) is 0 Å². The average molecular weight is 290 g/mol. The summed E-state index contributed by atoms with van der Waals surface area (Å²) in [7, 11) is 0. The highest BCUT2D eigenvalue weighted by atomic mass is 32.1. The van der Waals surface area contributed by atoms with Crippen LogP contribution in [0.25, 0.3) is 0 Å². The van der Waals surface area contributed by atoms with Crippen molar-refractivity contribution in [2.75, 3.05) is 18.9 Å². The molecule has 1 amide bonds. The van der Waals surface area contributed by atoms with Crippen molar-refractivity contribution in [1.29, 1.82) is 0 Å². The maximum absolute atomic E-state index is 12.1. The smallest absolute Gasteiger partial charge is 0.251 e. The largest absolute Gasteiger partial charge is 0.494 e. The molecule has 0 saturated heterocycles. The molecular formula is C15H18N2O2S. The van der Waals surface area contributed by atoms with Crippen molar-refractivity contribution in [2.24, 2.45) is 0 Å². The van der Waals surface area contributed by atoms with E-state index in [1.165, 1.54) is 5.56 Å². The fourth-order valence-corrected chi connectivity index (χ4v) is 2.56. The van der Waals surface area contributed by atoms with Gasteiger partial charge in [-0.3, -0.25) is 4.79 Å². The van der Waals surface area contributed by atoms with E-state index in [0.29, 0.717) is 30.2 Å². The molecule has 1 heterocycles. The predicted octanol–water partition coefficient (Wildman–Crippen LogP) is 2.70. The Labute approximate surface area is 122 Å². The van der Waals surface area contributed by atoms with Crippen LogP contribution in [-0.2, 0) is 6.42 Å². The molecule has 2 aromatic rings. The molecule has 3 N–H and O–H groups in total. The van der Waals surface area contributed by atoms with Gasteiger partial charge in [0.1, 0.15) is 5.75 Å². The summed E-state index contributed by atoms with van der Waals surface area (Å²) in [5, 5.41) is 7.00. The van der Waals surface area contributed by atoms with E-state index >= 15 is 0 Å². The second-order valence-corrected chi connectivity index (χ2v) is 5.14. The lowest BCUT2D eigenvalue weighted by molar-refractivity contribution is 0.0953. The highest BCUT2D eigenvalue weighted by Gasteiger charge is 2.08. The predicted molar refractivity (Wildman–Crippen MR) is 82.4 cm³/mol. The van der Waals surface area contributed by atoms with Crippen LogP contribution in [0.4, 0.5) is 5.69 Å². The Bertz CT molecular complexity index is 567. The standard InChI is InChI=1S/C15H18N2O2S/c1-2-19-14-8-12(7-13(16)9-14)15(18)17-5-3-11-4-6-20-10-11/h4,6-10H,2-3,5,16H2,1H3,(H,17,18). The topological polar surface area (TPSA) is 64.3 Å². The second kappa shape index (κ2) is 6.96. The van der Waals surface area contributed by atoms with Gasteiger partial charge in [-0.2, -0.15) is 11.3 Å². The maximum Gasteiger partial charge on any atom is 0.251 e. The van der Waals surface area contributed by atoms with Gasteiger partial charge in [-0.25, -0.2) is 0 Å². The number of carbonyl (C=O) groups is 1. The molecular weight excluding hydrogens is 272 g/mol. The first-order valence-corrected chi connectivity index (χ1v) is 7.46. The summed E-state index contributed by atoms with van der Waals surface area (Å²) in [6, 6.07) is 7.14. The number of benzene rings is 1. The zero-order chi connectivity index (χ0) is 14.4. The molecule has 0 radical (unpaired) electrons. The summed E-state index contributed by atoms with van der Waals surface area (Å²) in [5.74, 6) is 0.490. The Hall–Kier alpha value is -2.01.